The van der Waals surface area contributed by atoms with Crippen molar-refractivity contribution in [3.63, 3.8) is 0 Å². The number of anilines is 1. The number of nitrogens with one attached hydrogen (secondary N) is 1. The second-order valence-corrected chi connectivity index (χ2v) is 6.99. The van der Waals surface area contributed by atoms with Gasteiger partial charge in [0.2, 0.25) is 0 Å². The van der Waals surface area contributed by atoms with Crippen LogP contribution in [0.1, 0.15) is 15.2 Å². The van der Waals surface area contributed by atoms with E-state index in [0.717, 1.165) is 15.5 Å². The molecule has 2 aromatic carbocycles. The normalized spacial score (nSPS) is 10.4. The van der Waals surface area contributed by atoms with E-state index in [1.165, 1.54) is 0 Å². The van der Waals surface area contributed by atoms with Crippen LogP contribution in [0.4, 0.5) is 5.69 Å². The number of hydrogen-bond donors (Lipinski definition) is 1. The number of carbonyl (C=O) groups is 1. The van der Waals surface area contributed by atoms with Gasteiger partial charge in [0.15, 0.2) is 0 Å². The molecule has 5 heteroatoms. The largest absolute Gasteiger partial charge is 0.488 e. The van der Waals surface area contributed by atoms with Crippen molar-refractivity contribution >= 4 is 34.7 Å². The van der Waals surface area contributed by atoms with E-state index >= 15 is 0 Å². The second-order valence-electron chi connectivity index (χ2n) is 5.08. The zero-order valence-corrected chi connectivity index (χ0v) is 14.8. The topological polar surface area (TPSA) is 38.3 Å². The summed E-state index contributed by atoms with van der Waals surface area (Å²) in [6, 6.07) is 19.1. The van der Waals surface area contributed by atoms with Crippen LogP contribution in [-0.2, 0) is 6.61 Å². The van der Waals surface area contributed by atoms with E-state index in [1.807, 2.05) is 60.2 Å². The quantitative estimate of drug-likeness (QED) is 0.610. The van der Waals surface area contributed by atoms with Gasteiger partial charge < -0.3 is 10.1 Å². The van der Waals surface area contributed by atoms with E-state index in [1.54, 1.807) is 35.2 Å². The molecule has 3 rings (SSSR count). The lowest BCUT2D eigenvalue weighted by molar-refractivity contribution is 0.102. The molecule has 0 aliphatic rings. The van der Waals surface area contributed by atoms with Crippen molar-refractivity contribution < 1.29 is 9.53 Å². The van der Waals surface area contributed by atoms with Gasteiger partial charge >= 0.3 is 0 Å². The number of thiophene rings is 1. The summed E-state index contributed by atoms with van der Waals surface area (Å²) in [4.78, 5) is 14.7. The lowest BCUT2D eigenvalue weighted by Gasteiger charge is -2.09. The Kier molecular flexibility index (Phi) is 5.56. The van der Waals surface area contributed by atoms with E-state index in [0.29, 0.717) is 17.9 Å². The zero-order valence-electron chi connectivity index (χ0n) is 13.2. The molecule has 3 aromatic rings. The molecule has 0 unspecified atom stereocenters. The van der Waals surface area contributed by atoms with Crippen LogP contribution in [0.3, 0.4) is 0 Å². The van der Waals surface area contributed by atoms with Crippen LogP contribution >= 0.6 is 23.1 Å². The molecule has 122 valence electrons. The molecule has 24 heavy (non-hydrogen) atoms. The maximum Gasteiger partial charge on any atom is 0.255 e. The van der Waals surface area contributed by atoms with Gasteiger partial charge in [-0.1, -0.05) is 18.2 Å². The Morgan fingerprint density at radius 1 is 1.12 bits per heavy atom. The van der Waals surface area contributed by atoms with Gasteiger partial charge in [-0.25, -0.2) is 0 Å². The number of ether oxygens (including phenoxy) is 1. The summed E-state index contributed by atoms with van der Waals surface area (Å²) in [6.07, 6.45) is 2.01. The molecule has 0 saturated carbocycles. The van der Waals surface area contributed by atoms with Gasteiger partial charge in [0, 0.05) is 21.0 Å². The molecule has 1 amide bonds. The summed E-state index contributed by atoms with van der Waals surface area (Å²) in [5.41, 5.74) is 1.37. The van der Waals surface area contributed by atoms with Crippen molar-refractivity contribution in [2.45, 2.75) is 11.5 Å². The van der Waals surface area contributed by atoms with Crippen LogP contribution in [0.5, 0.6) is 5.75 Å². The minimum Gasteiger partial charge on any atom is -0.488 e. The Labute approximate surface area is 149 Å². The highest BCUT2D eigenvalue weighted by molar-refractivity contribution is 7.98. The van der Waals surface area contributed by atoms with Gasteiger partial charge in [-0.05, 0) is 54.1 Å². The molecule has 0 aliphatic heterocycles. The molecule has 0 fully saturated rings. The van der Waals surface area contributed by atoms with Crippen LogP contribution in [0.15, 0.2) is 70.9 Å². The Morgan fingerprint density at radius 2 is 2.00 bits per heavy atom. The average molecular weight is 355 g/mol. The Bertz CT molecular complexity index is 816. The predicted molar refractivity (Wildman–Crippen MR) is 101 cm³/mol. The molecule has 1 N–H and O–H groups in total. The molecule has 1 aromatic heterocycles. The van der Waals surface area contributed by atoms with E-state index in [2.05, 4.69) is 5.32 Å². The van der Waals surface area contributed by atoms with Crippen LogP contribution < -0.4 is 10.1 Å². The number of rotatable bonds is 6. The van der Waals surface area contributed by atoms with Crippen LogP contribution in [-0.4, -0.2) is 12.2 Å². The fourth-order valence-electron chi connectivity index (χ4n) is 2.18. The first-order valence-electron chi connectivity index (χ1n) is 7.45. The average Bonchev–Trinajstić information content (AvgIpc) is 3.14. The molecule has 0 bridgehead atoms. The Morgan fingerprint density at radius 3 is 2.79 bits per heavy atom. The van der Waals surface area contributed by atoms with Crippen molar-refractivity contribution in [1.29, 1.82) is 0 Å². The van der Waals surface area contributed by atoms with Gasteiger partial charge in [0.1, 0.15) is 12.4 Å². The fraction of sp³-hybridized carbons (Fsp3) is 0.105. The van der Waals surface area contributed by atoms with Crippen LogP contribution in [0.25, 0.3) is 0 Å². The summed E-state index contributed by atoms with van der Waals surface area (Å²) in [6.45, 7) is 0.512. The first kappa shape index (κ1) is 16.6. The standard InChI is InChI=1S/C19H17NO2S2/c1-23-17-8-3-6-15(12-17)20-19(21)14-5-2-7-16(11-14)22-13-18-9-4-10-24-18/h2-12H,13H2,1H3,(H,20,21). The third-order valence-electron chi connectivity index (χ3n) is 3.39. The van der Waals surface area contributed by atoms with Crippen LogP contribution in [0.2, 0.25) is 0 Å². The number of carbonyl (C=O) groups excluding carboxylic acids is 1. The first-order chi connectivity index (χ1) is 11.7. The molecule has 1 heterocycles. The summed E-state index contributed by atoms with van der Waals surface area (Å²) in [5.74, 6) is 0.545. The lowest BCUT2D eigenvalue weighted by atomic mass is 10.2. The Balaban J connectivity index is 1.67. The monoisotopic (exact) mass is 355 g/mol. The van der Waals surface area contributed by atoms with E-state index < -0.39 is 0 Å². The number of benzene rings is 2. The summed E-state index contributed by atoms with van der Waals surface area (Å²) in [7, 11) is 0. The highest BCUT2D eigenvalue weighted by Gasteiger charge is 2.08. The smallest absolute Gasteiger partial charge is 0.255 e. The lowest BCUT2D eigenvalue weighted by Crippen LogP contribution is -2.12. The number of thioether (sulfide) groups is 1. The first-order valence-corrected chi connectivity index (χ1v) is 9.56. The molecule has 0 spiro atoms. The highest BCUT2D eigenvalue weighted by Crippen LogP contribution is 2.21. The maximum atomic E-state index is 12.4. The molecular weight excluding hydrogens is 338 g/mol. The van der Waals surface area contributed by atoms with E-state index in [-0.39, 0.29) is 5.91 Å². The summed E-state index contributed by atoms with van der Waals surface area (Å²) in [5, 5.41) is 4.94. The van der Waals surface area contributed by atoms with Crippen molar-refractivity contribution in [3.05, 3.63) is 76.5 Å². The Hall–Kier alpha value is -2.24. The van der Waals surface area contributed by atoms with Crippen molar-refractivity contribution in [3.8, 4) is 5.75 Å². The number of hydrogen-bond acceptors (Lipinski definition) is 4. The minimum atomic E-state index is -0.144. The molecule has 0 saturated heterocycles. The molecule has 0 aliphatic carbocycles. The van der Waals surface area contributed by atoms with Crippen molar-refractivity contribution in [2.24, 2.45) is 0 Å². The number of amides is 1. The molecular formula is C19H17NO2S2. The van der Waals surface area contributed by atoms with Gasteiger partial charge in [0.05, 0.1) is 0 Å². The fourth-order valence-corrected chi connectivity index (χ4v) is 3.26. The minimum absolute atomic E-state index is 0.144. The van der Waals surface area contributed by atoms with Crippen molar-refractivity contribution in [2.75, 3.05) is 11.6 Å². The van der Waals surface area contributed by atoms with Gasteiger partial charge in [-0.2, -0.15) is 0 Å². The van der Waals surface area contributed by atoms with Crippen LogP contribution in [0, 0.1) is 0 Å². The predicted octanol–water partition coefficient (Wildman–Crippen LogP) is 5.30. The summed E-state index contributed by atoms with van der Waals surface area (Å²) >= 11 is 3.29. The summed E-state index contributed by atoms with van der Waals surface area (Å²) < 4.78 is 5.76. The van der Waals surface area contributed by atoms with Gasteiger partial charge in [-0.3, -0.25) is 4.79 Å². The molecule has 3 nitrogen and oxygen atoms in total. The molecule has 0 radical (unpaired) electrons. The second kappa shape index (κ2) is 8.04. The van der Waals surface area contributed by atoms with Crippen molar-refractivity contribution in [1.82, 2.24) is 0 Å². The van der Waals surface area contributed by atoms with E-state index in [4.69, 9.17) is 4.74 Å². The molecule has 0 atom stereocenters. The third kappa shape index (κ3) is 4.40. The van der Waals surface area contributed by atoms with Gasteiger partial charge in [0.25, 0.3) is 5.91 Å². The maximum absolute atomic E-state index is 12.4. The SMILES string of the molecule is CSc1cccc(NC(=O)c2cccc(OCc3cccs3)c2)c1. The highest BCUT2D eigenvalue weighted by atomic mass is 32.2. The van der Waals surface area contributed by atoms with E-state index in [9.17, 15) is 4.79 Å². The third-order valence-corrected chi connectivity index (χ3v) is 4.96. The van der Waals surface area contributed by atoms with Gasteiger partial charge in [-0.15, -0.1) is 23.1 Å². The zero-order chi connectivity index (χ0) is 16.8.